The largest absolute Gasteiger partial charge is 0.497 e. The zero-order valence-electron chi connectivity index (χ0n) is 20.2. The molecule has 2 N–H and O–H groups in total. The number of imidazole rings is 1. The van der Waals surface area contributed by atoms with E-state index in [2.05, 4.69) is 35.5 Å². The summed E-state index contributed by atoms with van der Waals surface area (Å²) in [4.78, 5) is 37.5. The number of carboxylic acid groups (broad SMARTS) is 2. The minimum Gasteiger partial charge on any atom is -0.497 e. The molecule has 2 heterocycles. The molecule has 1 aromatic heterocycles. The van der Waals surface area contributed by atoms with Crippen LogP contribution in [0.25, 0.3) is 11.0 Å². The minimum absolute atomic E-state index is 0.216. The number of benzene rings is 2. The maximum absolute atomic E-state index is 12.7. The predicted molar refractivity (Wildman–Crippen MR) is 130 cm³/mol. The summed E-state index contributed by atoms with van der Waals surface area (Å²) in [5.41, 5.74) is 5.91. The maximum Gasteiger partial charge on any atom is 0.414 e. The fourth-order valence-electron chi connectivity index (χ4n) is 4.13. The van der Waals surface area contributed by atoms with Crippen molar-refractivity contribution in [2.45, 2.75) is 39.7 Å². The third kappa shape index (κ3) is 6.81. The number of hydrogen-bond donors (Lipinski definition) is 2. The minimum atomic E-state index is -1.82. The van der Waals surface area contributed by atoms with Crippen molar-refractivity contribution in [2.75, 3.05) is 20.2 Å². The number of methoxy groups -OCH3 is 1. The molecule has 0 radical (unpaired) electrons. The molecule has 1 saturated heterocycles. The van der Waals surface area contributed by atoms with E-state index in [-0.39, 0.29) is 5.91 Å². The summed E-state index contributed by atoms with van der Waals surface area (Å²) in [6, 6.07) is 12.2. The van der Waals surface area contributed by atoms with Gasteiger partial charge in [0, 0.05) is 19.6 Å². The lowest BCUT2D eigenvalue weighted by atomic mass is 9.96. The van der Waals surface area contributed by atoms with Crippen molar-refractivity contribution >= 4 is 28.9 Å². The summed E-state index contributed by atoms with van der Waals surface area (Å²) in [7, 11) is 1.65. The van der Waals surface area contributed by atoms with Crippen molar-refractivity contribution in [1.29, 1.82) is 0 Å². The number of amides is 1. The van der Waals surface area contributed by atoms with E-state index in [9.17, 15) is 4.79 Å². The fraction of sp³-hybridized carbons (Fsp3) is 0.385. The maximum atomic E-state index is 12.7. The Balaban J connectivity index is 0.000000509. The molecule has 9 nitrogen and oxygen atoms in total. The van der Waals surface area contributed by atoms with Crippen LogP contribution in [0.15, 0.2) is 42.7 Å². The van der Waals surface area contributed by atoms with Gasteiger partial charge >= 0.3 is 11.9 Å². The summed E-state index contributed by atoms with van der Waals surface area (Å²) in [6.07, 6.45) is 4.50. The van der Waals surface area contributed by atoms with Crippen molar-refractivity contribution in [3.05, 3.63) is 59.4 Å². The number of aromatic nitrogens is 2. The zero-order chi connectivity index (χ0) is 25.5. The van der Waals surface area contributed by atoms with E-state index in [0.717, 1.165) is 49.3 Å². The lowest BCUT2D eigenvalue weighted by Gasteiger charge is -2.32. The highest BCUT2D eigenvalue weighted by Gasteiger charge is 2.23. The fourth-order valence-corrected chi connectivity index (χ4v) is 4.13. The van der Waals surface area contributed by atoms with Gasteiger partial charge in [-0.25, -0.2) is 14.6 Å². The van der Waals surface area contributed by atoms with Crippen molar-refractivity contribution in [2.24, 2.45) is 5.92 Å². The quantitative estimate of drug-likeness (QED) is 0.536. The number of nitrogens with zero attached hydrogens (tertiary/aromatic N) is 3. The summed E-state index contributed by atoms with van der Waals surface area (Å²) < 4.78 is 7.46. The molecule has 3 aromatic rings. The van der Waals surface area contributed by atoms with Gasteiger partial charge in [0.1, 0.15) is 5.75 Å². The zero-order valence-corrected chi connectivity index (χ0v) is 20.2. The highest BCUT2D eigenvalue weighted by atomic mass is 16.5. The first kappa shape index (κ1) is 25.7. The molecule has 0 atom stereocenters. The van der Waals surface area contributed by atoms with E-state index < -0.39 is 11.9 Å². The number of rotatable bonds is 5. The molecular weight excluding hydrogens is 450 g/mol. The van der Waals surface area contributed by atoms with Gasteiger partial charge in [0.15, 0.2) is 0 Å². The molecule has 2 aromatic carbocycles. The van der Waals surface area contributed by atoms with Crippen molar-refractivity contribution in [1.82, 2.24) is 14.5 Å². The Morgan fingerprint density at radius 3 is 2.17 bits per heavy atom. The summed E-state index contributed by atoms with van der Waals surface area (Å²) >= 11 is 0. The first-order valence-corrected chi connectivity index (χ1v) is 11.5. The number of carboxylic acids is 2. The number of piperidine rings is 1. The standard InChI is InChI=1S/C24H29N3O2.C2H2O4/c1-17-12-22-23(13-18(17)2)27(16-25-22)15-20-8-10-26(11-9-20)24(28)14-19-4-6-21(29-3)7-5-19;3-1(4)2(5)6/h4-7,12-13,16,20H,8-11,14-15H2,1-3H3;(H,3,4)(H,5,6). The SMILES string of the molecule is COc1ccc(CC(=O)N2CCC(Cn3cnc4cc(C)c(C)cc43)CC2)cc1.O=C(O)C(=O)O. The van der Waals surface area contributed by atoms with Gasteiger partial charge in [0.2, 0.25) is 5.91 Å². The molecule has 4 rings (SSSR count). The molecule has 0 spiro atoms. The lowest BCUT2D eigenvalue weighted by Crippen LogP contribution is -2.40. The number of fused-ring (bicyclic) bond motifs is 1. The number of ether oxygens (including phenoxy) is 1. The van der Waals surface area contributed by atoms with Crippen LogP contribution >= 0.6 is 0 Å². The van der Waals surface area contributed by atoms with Crippen LogP contribution in [0.4, 0.5) is 0 Å². The topological polar surface area (TPSA) is 122 Å². The van der Waals surface area contributed by atoms with Gasteiger partial charge in [0.05, 0.1) is 30.9 Å². The van der Waals surface area contributed by atoms with Gasteiger partial charge in [-0.15, -0.1) is 0 Å². The van der Waals surface area contributed by atoms with E-state index in [1.165, 1.54) is 16.6 Å². The van der Waals surface area contributed by atoms with E-state index in [4.69, 9.17) is 24.5 Å². The normalized spacial score (nSPS) is 13.7. The van der Waals surface area contributed by atoms with Gasteiger partial charge in [0.25, 0.3) is 0 Å². The van der Waals surface area contributed by atoms with Crippen molar-refractivity contribution in [3.8, 4) is 5.75 Å². The summed E-state index contributed by atoms with van der Waals surface area (Å²) in [5, 5.41) is 14.8. The highest BCUT2D eigenvalue weighted by Crippen LogP contribution is 2.24. The molecular formula is C26H31N3O6. The van der Waals surface area contributed by atoms with Gasteiger partial charge < -0.3 is 24.4 Å². The predicted octanol–water partition coefficient (Wildman–Crippen LogP) is 3.30. The number of carbonyl (C=O) groups is 3. The summed E-state index contributed by atoms with van der Waals surface area (Å²) in [5.74, 6) is -2.03. The molecule has 0 aliphatic carbocycles. The molecule has 1 fully saturated rings. The van der Waals surface area contributed by atoms with Crippen LogP contribution in [0.3, 0.4) is 0 Å². The van der Waals surface area contributed by atoms with Crippen LogP contribution in [-0.4, -0.2) is 62.7 Å². The molecule has 0 bridgehead atoms. The molecule has 186 valence electrons. The molecule has 0 unspecified atom stereocenters. The van der Waals surface area contributed by atoms with Gasteiger partial charge in [-0.2, -0.15) is 0 Å². The number of carbonyl (C=O) groups excluding carboxylic acids is 1. The van der Waals surface area contributed by atoms with Gasteiger partial charge in [-0.1, -0.05) is 12.1 Å². The first-order valence-electron chi connectivity index (χ1n) is 11.5. The molecule has 1 aliphatic rings. The van der Waals surface area contributed by atoms with Crippen LogP contribution in [0, 0.1) is 19.8 Å². The third-order valence-corrected chi connectivity index (χ3v) is 6.36. The number of aryl methyl sites for hydroxylation is 2. The molecule has 35 heavy (non-hydrogen) atoms. The Kier molecular flexibility index (Phi) is 8.46. The van der Waals surface area contributed by atoms with Crippen molar-refractivity contribution in [3.63, 3.8) is 0 Å². The lowest BCUT2D eigenvalue weighted by molar-refractivity contribution is -0.159. The van der Waals surface area contributed by atoms with Gasteiger partial charge in [-0.3, -0.25) is 4.79 Å². The number of hydrogen-bond acceptors (Lipinski definition) is 5. The van der Waals surface area contributed by atoms with Crippen molar-refractivity contribution < 1.29 is 29.3 Å². The van der Waals surface area contributed by atoms with Crippen LogP contribution in [0.5, 0.6) is 5.75 Å². The van der Waals surface area contributed by atoms with Crippen LogP contribution < -0.4 is 4.74 Å². The third-order valence-electron chi connectivity index (χ3n) is 6.36. The average molecular weight is 482 g/mol. The van der Waals surface area contributed by atoms with Crippen LogP contribution in [0.1, 0.15) is 29.5 Å². The van der Waals surface area contributed by atoms with Crippen LogP contribution in [0.2, 0.25) is 0 Å². The Labute approximate surface area is 203 Å². The molecule has 1 amide bonds. The Bertz CT molecular complexity index is 1180. The Morgan fingerprint density at radius 1 is 1.00 bits per heavy atom. The van der Waals surface area contributed by atoms with E-state index in [1.807, 2.05) is 35.5 Å². The van der Waals surface area contributed by atoms with Crippen LogP contribution in [-0.2, 0) is 27.3 Å². The number of aliphatic carboxylic acids is 2. The second-order valence-electron chi connectivity index (χ2n) is 8.78. The van der Waals surface area contributed by atoms with E-state index >= 15 is 0 Å². The monoisotopic (exact) mass is 481 g/mol. The Morgan fingerprint density at radius 2 is 1.60 bits per heavy atom. The van der Waals surface area contributed by atoms with E-state index in [0.29, 0.717) is 12.3 Å². The van der Waals surface area contributed by atoms with E-state index in [1.54, 1.807) is 7.11 Å². The average Bonchev–Trinajstić information content (AvgIpc) is 3.21. The first-order chi connectivity index (χ1) is 16.7. The molecule has 1 aliphatic heterocycles. The van der Waals surface area contributed by atoms with Gasteiger partial charge in [-0.05, 0) is 73.6 Å². The summed E-state index contributed by atoms with van der Waals surface area (Å²) in [6.45, 7) is 6.93. The second-order valence-corrected chi connectivity index (χ2v) is 8.78. The smallest absolute Gasteiger partial charge is 0.414 e. The molecule has 9 heteroatoms. The number of likely N-dealkylation sites (tertiary alicyclic amines) is 1. The Hall–Kier alpha value is -3.88. The molecule has 0 saturated carbocycles. The second kappa shape index (κ2) is 11.5. The highest BCUT2D eigenvalue weighted by molar-refractivity contribution is 6.27.